The number of nitrogens with zero attached hydrogens (tertiary/aromatic N) is 1. The summed E-state index contributed by atoms with van der Waals surface area (Å²) in [6.07, 6.45) is 1.82. The average Bonchev–Trinajstić information content (AvgIpc) is 2.72. The standard InChI is InChI=1S/C23H17NO3/c24-15-21(19-6-2-1-3-7-19)13-17-9-11-22(12-10-17)27-16-18-5-4-8-20(14-18)23(25)26/h1-14H,16H2,(H,25,26)/p-1/b21-13-. The predicted molar refractivity (Wildman–Crippen MR) is 101 cm³/mol. The van der Waals surface area contributed by atoms with Crippen molar-refractivity contribution in [2.45, 2.75) is 6.61 Å². The number of hydrogen-bond acceptors (Lipinski definition) is 4. The quantitative estimate of drug-likeness (QED) is 0.500. The van der Waals surface area contributed by atoms with Gasteiger partial charge in [-0.3, -0.25) is 0 Å². The zero-order valence-corrected chi connectivity index (χ0v) is 14.5. The highest BCUT2D eigenvalue weighted by molar-refractivity contribution is 5.89. The summed E-state index contributed by atoms with van der Waals surface area (Å²) in [6, 6.07) is 25.5. The van der Waals surface area contributed by atoms with E-state index in [0.29, 0.717) is 11.3 Å². The molecular weight excluding hydrogens is 338 g/mol. The van der Waals surface area contributed by atoms with Gasteiger partial charge in [-0.25, -0.2) is 0 Å². The molecule has 0 fully saturated rings. The van der Waals surface area contributed by atoms with E-state index < -0.39 is 5.97 Å². The number of hydrogen-bond donors (Lipinski definition) is 0. The van der Waals surface area contributed by atoms with Gasteiger partial charge in [0.15, 0.2) is 0 Å². The van der Waals surface area contributed by atoms with E-state index in [1.165, 1.54) is 12.1 Å². The number of carbonyl (C=O) groups is 1. The number of carbonyl (C=O) groups excluding carboxylic acids is 1. The van der Waals surface area contributed by atoms with Crippen molar-refractivity contribution in [1.82, 2.24) is 0 Å². The van der Waals surface area contributed by atoms with Crippen molar-refractivity contribution in [2.24, 2.45) is 0 Å². The number of carboxylic acid groups (broad SMARTS) is 1. The van der Waals surface area contributed by atoms with Gasteiger partial charge < -0.3 is 14.6 Å². The molecule has 0 aromatic heterocycles. The summed E-state index contributed by atoms with van der Waals surface area (Å²) in [5, 5.41) is 20.3. The number of benzene rings is 3. The van der Waals surface area contributed by atoms with Crippen LogP contribution in [0.2, 0.25) is 0 Å². The Morgan fingerprint density at radius 2 is 1.67 bits per heavy atom. The summed E-state index contributed by atoms with van der Waals surface area (Å²) >= 11 is 0. The molecule has 0 aliphatic carbocycles. The van der Waals surface area contributed by atoms with Gasteiger partial charge in [0.25, 0.3) is 0 Å². The lowest BCUT2D eigenvalue weighted by atomic mass is 10.0. The molecule has 4 heteroatoms. The van der Waals surface area contributed by atoms with Gasteiger partial charge in [-0.1, -0.05) is 60.7 Å². The van der Waals surface area contributed by atoms with Crippen LogP contribution in [0.1, 0.15) is 27.0 Å². The van der Waals surface area contributed by atoms with Crippen LogP contribution in [0.3, 0.4) is 0 Å². The molecule has 3 aromatic carbocycles. The maximum atomic E-state index is 10.9. The van der Waals surface area contributed by atoms with Crippen LogP contribution in [0, 0.1) is 11.3 Å². The minimum atomic E-state index is -1.21. The fourth-order valence-corrected chi connectivity index (χ4v) is 2.58. The number of nitriles is 1. The third kappa shape index (κ3) is 4.83. The highest BCUT2D eigenvalue weighted by atomic mass is 16.5. The van der Waals surface area contributed by atoms with E-state index in [1.807, 2.05) is 60.7 Å². The zero-order chi connectivity index (χ0) is 19.1. The number of allylic oxidation sites excluding steroid dienone is 1. The minimum absolute atomic E-state index is 0.126. The molecule has 0 aliphatic heterocycles. The number of carboxylic acids is 1. The lowest BCUT2D eigenvalue weighted by Crippen LogP contribution is -2.22. The van der Waals surface area contributed by atoms with Crippen molar-refractivity contribution < 1.29 is 14.6 Å². The molecule has 0 amide bonds. The highest BCUT2D eigenvalue weighted by Crippen LogP contribution is 2.20. The topological polar surface area (TPSA) is 73.1 Å². The lowest BCUT2D eigenvalue weighted by molar-refractivity contribution is -0.255. The smallest absolute Gasteiger partial charge is 0.119 e. The Kier molecular flexibility index (Phi) is 5.66. The molecule has 0 atom stereocenters. The van der Waals surface area contributed by atoms with Gasteiger partial charge >= 0.3 is 0 Å². The molecule has 0 heterocycles. The first-order valence-corrected chi connectivity index (χ1v) is 8.36. The summed E-state index contributed by atoms with van der Waals surface area (Å²) in [6.45, 7) is 0.254. The van der Waals surface area contributed by atoms with Crippen LogP contribution in [0.15, 0.2) is 78.9 Å². The average molecular weight is 354 g/mol. The lowest BCUT2D eigenvalue weighted by Gasteiger charge is -2.09. The Morgan fingerprint density at radius 3 is 2.33 bits per heavy atom. The molecule has 0 spiro atoms. The van der Waals surface area contributed by atoms with Gasteiger partial charge in [-0.2, -0.15) is 5.26 Å². The molecule has 0 saturated carbocycles. The van der Waals surface area contributed by atoms with Gasteiger partial charge in [0.1, 0.15) is 12.4 Å². The monoisotopic (exact) mass is 354 g/mol. The van der Waals surface area contributed by atoms with Crippen LogP contribution >= 0.6 is 0 Å². The summed E-state index contributed by atoms with van der Waals surface area (Å²) < 4.78 is 5.70. The SMILES string of the molecule is N#C/C(=C/c1ccc(OCc2cccc(C(=O)[O-])c2)cc1)c1ccccc1. The van der Waals surface area contributed by atoms with Crippen LogP contribution in [0.4, 0.5) is 0 Å². The second-order valence-electron chi connectivity index (χ2n) is 5.88. The number of aromatic carboxylic acids is 1. The molecule has 4 nitrogen and oxygen atoms in total. The van der Waals surface area contributed by atoms with Crippen LogP contribution in [0.5, 0.6) is 5.75 Å². The molecule has 0 radical (unpaired) electrons. The van der Waals surface area contributed by atoms with Crippen molar-refractivity contribution in [1.29, 1.82) is 5.26 Å². The van der Waals surface area contributed by atoms with Crippen LogP contribution in [-0.2, 0) is 6.61 Å². The molecule has 0 unspecified atom stereocenters. The van der Waals surface area contributed by atoms with Gasteiger partial charge in [0.2, 0.25) is 0 Å². The van der Waals surface area contributed by atoms with Crippen LogP contribution in [0.25, 0.3) is 11.6 Å². The molecule has 3 aromatic rings. The Hall–Kier alpha value is -3.84. The second-order valence-corrected chi connectivity index (χ2v) is 5.88. The Morgan fingerprint density at radius 1 is 0.963 bits per heavy atom. The fraction of sp³-hybridized carbons (Fsp3) is 0.0435. The van der Waals surface area contributed by atoms with Gasteiger partial charge in [0.05, 0.1) is 17.6 Å². The highest BCUT2D eigenvalue weighted by Gasteiger charge is 2.02. The van der Waals surface area contributed by atoms with E-state index in [2.05, 4.69) is 6.07 Å². The van der Waals surface area contributed by atoms with Crippen LogP contribution in [-0.4, -0.2) is 5.97 Å². The van der Waals surface area contributed by atoms with E-state index in [1.54, 1.807) is 12.1 Å². The first-order valence-electron chi connectivity index (χ1n) is 8.36. The molecule has 27 heavy (non-hydrogen) atoms. The van der Waals surface area contributed by atoms with E-state index >= 15 is 0 Å². The first kappa shape index (κ1) is 18.0. The summed E-state index contributed by atoms with van der Waals surface area (Å²) in [5.41, 5.74) is 3.22. The van der Waals surface area contributed by atoms with E-state index in [0.717, 1.165) is 16.7 Å². The van der Waals surface area contributed by atoms with Crippen molar-refractivity contribution in [3.63, 3.8) is 0 Å². The molecule has 132 valence electrons. The van der Waals surface area contributed by atoms with E-state index in [-0.39, 0.29) is 12.2 Å². The summed E-state index contributed by atoms with van der Waals surface area (Å²) in [4.78, 5) is 10.9. The van der Waals surface area contributed by atoms with Crippen LogP contribution < -0.4 is 9.84 Å². The minimum Gasteiger partial charge on any atom is -0.545 e. The van der Waals surface area contributed by atoms with Crippen molar-refractivity contribution >= 4 is 17.6 Å². The third-order valence-corrected chi connectivity index (χ3v) is 3.96. The normalized spacial score (nSPS) is 10.9. The fourth-order valence-electron chi connectivity index (χ4n) is 2.58. The molecule has 3 rings (SSSR count). The largest absolute Gasteiger partial charge is 0.545 e. The molecule has 0 N–H and O–H groups in total. The Labute approximate surface area is 157 Å². The molecule has 0 aliphatic rings. The van der Waals surface area contributed by atoms with Crippen molar-refractivity contribution in [3.8, 4) is 11.8 Å². The molecule has 0 saturated heterocycles. The first-order chi connectivity index (χ1) is 13.2. The summed E-state index contributed by atoms with van der Waals surface area (Å²) in [7, 11) is 0. The predicted octanol–water partition coefficient (Wildman–Crippen LogP) is 3.69. The Balaban J connectivity index is 1.69. The zero-order valence-electron chi connectivity index (χ0n) is 14.5. The Bertz CT molecular complexity index is 1000. The van der Waals surface area contributed by atoms with E-state index in [4.69, 9.17) is 4.74 Å². The second kappa shape index (κ2) is 8.50. The third-order valence-electron chi connectivity index (χ3n) is 3.96. The number of ether oxygens (including phenoxy) is 1. The summed E-state index contributed by atoms with van der Waals surface area (Å²) in [5.74, 6) is -0.552. The molecule has 0 bridgehead atoms. The van der Waals surface area contributed by atoms with Crippen molar-refractivity contribution in [2.75, 3.05) is 0 Å². The maximum absolute atomic E-state index is 10.9. The van der Waals surface area contributed by atoms with Gasteiger partial charge in [-0.05, 0) is 46.5 Å². The molecular formula is C23H16NO3-. The van der Waals surface area contributed by atoms with Gasteiger partial charge in [0, 0.05) is 0 Å². The van der Waals surface area contributed by atoms with Gasteiger partial charge in [-0.15, -0.1) is 0 Å². The van der Waals surface area contributed by atoms with E-state index in [9.17, 15) is 15.2 Å². The maximum Gasteiger partial charge on any atom is 0.119 e. The van der Waals surface area contributed by atoms with Crippen molar-refractivity contribution in [3.05, 3.63) is 101 Å². The number of rotatable bonds is 6.